The van der Waals surface area contributed by atoms with E-state index in [1.165, 1.54) is 6.07 Å². The Labute approximate surface area is 117 Å². The van der Waals surface area contributed by atoms with Gasteiger partial charge in [0.2, 0.25) is 0 Å². The summed E-state index contributed by atoms with van der Waals surface area (Å²) in [5, 5.41) is 11.0. The third-order valence-corrected chi connectivity index (χ3v) is 3.17. The molecule has 0 aliphatic rings. The van der Waals surface area contributed by atoms with Crippen LogP contribution in [-0.4, -0.2) is 12.0 Å². The van der Waals surface area contributed by atoms with Gasteiger partial charge in [-0.25, -0.2) is 0 Å². The van der Waals surface area contributed by atoms with Gasteiger partial charge in [0, 0.05) is 23.2 Å². The molecule has 1 atom stereocenters. The van der Waals surface area contributed by atoms with Gasteiger partial charge in [-0.05, 0) is 12.5 Å². The summed E-state index contributed by atoms with van der Waals surface area (Å²) in [4.78, 5) is 10.6. The number of ether oxygens (including phenoxy) is 1. The third-order valence-electron chi connectivity index (χ3n) is 3.17. The van der Waals surface area contributed by atoms with Gasteiger partial charge in [-0.15, -0.1) is 0 Å². The van der Waals surface area contributed by atoms with Crippen LogP contribution >= 0.6 is 0 Å². The normalized spacial score (nSPS) is 11.9. The maximum absolute atomic E-state index is 11.0. The summed E-state index contributed by atoms with van der Waals surface area (Å²) >= 11 is 0. The van der Waals surface area contributed by atoms with E-state index in [2.05, 4.69) is 0 Å². The number of rotatable bonds is 5. The first-order chi connectivity index (χ1) is 9.63. The van der Waals surface area contributed by atoms with Crippen LogP contribution in [0.25, 0.3) is 0 Å². The number of methoxy groups -OCH3 is 1. The summed E-state index contributed by atoms with van der Waals surface area (Å²) in [6.07, 6.45) is 0.386. The van der Waals surface area contributed by atoms with Crippen molar-refractivity contribution in [1.82, 2.24) is 0 Å². The smallest absolute Gasteiger partial charge is 0.272 e. The van der Waals surface area contributed by atoms with Crippen LogP contribution in [0.2, 0.25) is 0 Å². The van der Waals surface area contributed by atoms with Gasteiger partial charge < -0.3 is 10.5 Å². The molecule has 0 aromatic heterocycles. The number of hydrogen-bond donors (Lipinski definition) is 1. The molecule has 20 heavy (non-hydrogen) atoms. The average molecular weight is 272 g/mol. The molecule has 0 saturated heterocycles. The van der Waals surface area contributed by atoms with Crippen molar-refractivity contribution in [2.24, 2.45) is 5.73 Å². The summed E-state index contributed by atoms with van der Waals surface area (Å²) in [7, 11) is 1.58. The molecule has 0 heterocycles. The molecule has 0 amide bonds. The van der Waals surface area contributed by atoms with Crippen LogP contribution in [-0.2, 0) is 6.42 Å². The largest absolute Gasteiger partial charge is 0.496 e. The number of nitro benzene ring substituents is 1. The number of hydrogen-bond acceptors (Lipinski definition) is 4. The Hall–Kier alpha value is -2.40. The van der Waals surface area contributed by atoms with Crippen LogP contribution in [0, 0.1) is 10.1 Å². The quantitative estimate of drug-likeness (QED) is 0.670. The zero-order valence-corrected chi connectivity index (χ0v) is 11.2. The van der Waals surface area contributed by atoms with Crippen molar-refractivity contribution in [3.05, 3.63) is 69.8 Å². The van der Waals surface area contributed by atoms with Gasteiger partial charge in [0.25, 0.3) is 5.69 Å². The zero-order chi connectivity index (χ0) is 14.5. The van der Waals surface area contributed by atoms with Crippen molar-refractivity contribution in [3.63, 3.8) is 0 Å². The fourth-order valence-corrected chi connectivity index (χ4v) is 2.18. The van der Waals surface area contributed by atoms with Crippen molar-refractivity contribution < 1.29 is 9.66 Å². The van der Waals surface area contributed by atoms with E-state index >= 15 is 0 Å². The predicted molar refractivity (Wildman–Crippen MR) is 76.7 cm³/mol. The maximum atomic E-state index is 11.0. The van der Waals surface area contributed by atoms with Crippen molar-refractivity contribution >= 4 is 5.69 Å². The Bertz CT molecular complexity index is 614. The fourth-order valence-electron chi connectivity index (χ4n) is 2.18. The van der Waals surface area contributed by atoms with Gasteiger partial charge in [0.1, 0.15) is 5.75 Å². The van der Waals surface area contributed by atoms with E-state index in [0.717, 1.165) is 5.56 Å². The monoisotopic (exact) mass is 272 g/mol. The van der Waals surface area contributed by atoms with Gasteiger partial charge in [-0.2, -0.15) is 0 Å². The van der Waals surface area contributed by atoms with Crippen molar-refractivity contribution in [2.45, 2.75) is 12.5 Å². The first-order valence-corrected chi connectivity index (χ1v) is 6.24. The Morgan fingerprint density at radius 1 is 1.20 bits per heavy atom. The molecule has 2 rings (SSSR count). The Morgan fingerprint density at radius 2 is 1.85 bits per heavy atom. The topological polar surface area (TPSA) is 78.4 Å². The standard InChI is InChI=1S/C15H16N2O3/c1-20-15-9-5-3-7-12(15)13(16)10-11-6-2-4-8-14(11)17(18)19/h2-9,13H,10,16H2,1H3. The zero-order valence-electron chi connectivity index (χ0n) is 11.2. The van der Waals surface area contributed by atoms with E-state index in [4.69, 9.17) is 10.5 Å². The number of benzene rings is 2. The second-order valence-electron chi connectivity index (χ2n) is 4.44. The lowest BCUT2D eigenvalue weighted by Crippen LogP contribution is -2.15. The second kappa shape index (κ2) is 6.16. The van der Waals surface area contributed by atoms with Crippen molar-refractivity contribution in [2.75, 3.05) is 7.11 Å². The highest BCUT2D eigenvalue weighted by molar-refractivity contribution is 5.42. The predicted octanol–water partition coefficient (Wildman–Crippen LogP) is 2.85. The number of nitrogens with two attached hydrogens (primary N) is 1. The van der Waals surface area contributed by atoms with Crippen LogP contribution in [0.1, 0.15) is 17.2 Å². The molecular formula is C15H16N2O3. The summed E-state index contributed by atoms with van der Waals surface area (Å²) in [6, 6.07) is 13.7. The molecule has 0 aliphatic carbocycles. The fraction of sp³-hybridized carbons (Fsp3) is 0.200. The lowest BCUT2D eigenvalue weighted by molar-refractivity contribution is -0.385. The maximum Gasteiger partial charge on any atom is 0.272 e. The molecule has 5 heteroatoms. The van der Waals surface area contributed by atoms with Crippen LogP contribution in [0.3, 0.4) is 0 Å². The molecule has 0 saturated carbocycles. The molecular weight excluding hydrogens is 256 g/mol. The van der Waals surface area contributed by atoms with Gasteiger partial charge >= 0.3 is 0 Å². The van der Waals surface area contributed by atoms with Crippen LogP contribution < -0.4 is 10.5 Å². The van der Waals surface area contributed by atoms with Gasteiger partial charge in [0.15, 0.2) is 0 Å². The molecule has 2 aromatic carbocycles. The molecule has 0 spiro atoms. The first kappa shape index (κ1) is 14.0. The minimum Gasteiger partial charge on any atom is -0.496 e. The van der Waals surface area contributed by atoms with Gasteiger partial charge in [0.05, 0.1) is 12.0 Å². The Balaban J connectivity index is 2.28. The average Bonchev–Trinajstić information content (AvgIpc) is 2.47. The minimum absolute atomic E-state index is 0.0952. The summed E-state index contributed by atoms with van der Waals surface area (Å²) in [5.74, 6) is 0.693. The lowest BCUT2D eigenvalue weighted by Gasteiger charge is -2.15. The Kier molecular flexibility index (Phi) is 4.32. The Morgan fingerprint density at radius 3 is 2.55 bits per heavy atom. The van der Waals surface area contributed by atoms with E-state index in [-0.39, 0.29) is 16.7 Å². The highest BCUT2D eigenvalue weighted by Gasteiger charge is 2.18. The molecule has 0 aliphatic heterocycles. The van der Waals surface area contributed by atoms with E-state index in [0.29, 0.717) is 17.7 Å². The highest BCUT2D eigenvalue weighted by atomic mass is 16.6. The molecule has 2 N–H and O–H groups in total. The highest BCUT2D eigenvalue weighted by Crippen LogP contribution is 2.28. The molecule has 5 nitrogen and oxygen atoms in total. The van der Waals surface area contributed by atoms with Gasteiger partial charge in [-0.3, -0.25) is 10.1 Å². The second-order valence-corrected chi connectivity index (χ2v) is 4.44. The van der Waals surface area contributed by atoms with E-state index in [9.17, 15) is 10.1 Å². The van der Waals surface area contributed by atoms with Crippen molar-refractivity contribution in [3.8, 4) is 5.75 Å². The minimum atomic E-state index is -0.385. The number of para-hydroxylation sites is 2. The van der Waals surface area contributed by atoms with Crippen LogP contribution in [0.15, 0.2) is 48.5 Å². The molecule has 2 aromatic rings. The molecule has 0 fully saturated rings. The first-order valence-electron chi connectivity index (χ1n) is 6.24. The lowest BCUT2D eigenvalue weighted by atomic mass is 9.98. The summed E-state index contributed by atoms with van der Waals surface area (Å²) in [5.41, 5.74) is 7.73. The van der Waals surface area contributed by atoms with E-state index in [1.54, 1.807) is 25.3 Å². The van der Waals surface area contributed by atoms with Crippen LogP contribution in [0.4, 0.5) is 5.69 Å². The van der Waals surface area contributed by atoms with Crippen LogP contribution in [0.5, 0.6) is 5.75 Å². The SMILES string of the molecule is COc1ccccc1C(N)Cc1ccccc1[N+](=O)[O-]. The molecule has 104 valence electrons. The number of nitro groups is 1. The van der Waals surface area contributed by atoms with Crippen molar-refractivity contribution in [1.29, 1.82) is 0 Å². The van der Waals surface area contributed by atoms with Gasteiger partial charge in [-0.1, -0.05) is 36.4 Å². The third kappa shape index (κ3) is 2.95. The summed E-state index contributed by atoms with van der Waals surface area (Å²) in [6.45, 7) is 0. The molecule has 0 bridgehead atoms. The van der Waals surface area contributed by atoms with E-state index in [1.807, 2.05) is 24.3 Å². The van der Waals surface area contributed by atoms with E-state index < -0.39 is 0 Å². The number of nitrogens with zero attached hydrogens (tertiary/aromatic N) is 1. The summed E-state index contributed by atoms with van der Waals surface area (Å²) < 4.78 is 5.27. The molecule has 0 radical (unpaired) electrons. The molecule has 1 unspecified atom stereocenters.